The molecule has 0 spiro atoms. The summed E-state index contributed by atoms with van der Waals surface area (Å²) in [6.45, 7) is 4.61. The number of hydrogen-bond donors (Lipinski definition) is 0. The van der Waals surface area contributed by atoms with Gasteiger partial charge in [-0.1, -0.05) is 0 Å². The quantitative estimate of drug-likeness (QED) is 0.688. The third-order valence-electron chi connectivity index (χ3n) is 2.89. The molecule has 1 unspecified atom stereocenters. The number of alkyl halides is 1. The van der Waals surface area contributed by atoms with E-state index in [0.717, 1.165) is 38.4 Å². The van der Waals surface area contributed by atoms with Gasteiger partial charge in [-0.3, -0.25) is 4.79 Å². The molecule has 88 valence electrons. The van der Waals surface area contributed by atoms with E-state index >= 15 is 0 Å². The van der Waals surface area contributed by atoms with Crippen molar-refractivity contribution in [3.8, 4) is 0 Å². The van der Waals surface area contributed by atoms with Crippen molar-refractivity contribution in [2.75, 3.05) is 33.7 Å². The second kappa shape index (κ2) is 5.71. The molecule has 1 aliphatic heterocycles. The molecule has 1 aliphatic rings. The van der Waals surface area contributed by atoms with Crippen LogP contribution in [0.1, 0.15) is 19.8 Å². The Morgan fingerprint density at radius 2 is 2.00 bits per heavy atom. The van der Waals surface area contributed by atoms with Crippen LogP contribution in [0.5, 0.6) is 0 Å². The summed E-state index contributed by atoms with van der Waals surface area (Å²) in [7, 11) is 4.19. The van der Waals surface area contributed by atoms with Gasteiger partial charge >= 0.3 is 0 Å². The summed E-state index contributed by atoms with van der Waals surface area (Å²) < 4.78 is 0. The fraction of sp³-hybridized carbons (Fsp3) is 0.909. The van der Waals surface area contributed by atoms with Crippen LogP contribution < -0.4 is 0 Å². The smallest absolute Gasteiger partial charge is 0.240 e. The molecule has 0 aromatic heterocycles. The molecule has 0 aromatic rings. The lowest BCUT2D eigenvalue weighted by Crippen LogP contribution is -2.43. The SMILES string of the molecule is CC(Cl)C(=O)N1CCC(CN(C)C)CC1. The molecule has 0 N–H and O–H groups in total. The van der Waals surface area contributed by atoms with E-state index in [1.54, 1.807) is 6.92 Å². The van der Waals surface area contributed by atoms with Crippen LogP contribution >= 0.6 is 11.6 Å². The van der Waals surface area contributed by atoms with Gasteiger partial charge in [0.25, 0.3) is 0 Å². The Bertz CT molecular complexity index is 211. The maximum absolute atomic E-state index is 11.6. The summed E-state index contributed by atoms with van der Waals surface area (Å²) in [5.74, 6) is 0.814. The van der Waals surface area contributed by atoms with E-state index < -0.39 is 0 Å². The Morgan fingerprint density at radius 1 is 1.47 bits per heavy atom. The monoisotopic (exact) mass is 232 g/mol. The van der Waals surface area contributed by atoms with Crippen molar-refractivity contribution in [1.29, 1.82) is 0 Å². The van der Waals surface area contributed by atoms with E-state index in [1.165, 1.54) is 0 Å². The minimum atomic E-state index is -0.379. The first-order valence-corrected chi connectivity index (χ1v) is 6.02. The van der Waals surface area contributed by atoms with Crippen LogP contribution in [0.3, 0.4) is 0 Å². The number of likely N-dealkylation sites (tertiary alicyclic amines) is 1. The second-order valence-electron chi connectivity index (χ2n) is 4.65. The van der Waals surface area contributed by atoms with Crippen molar-refractivity contribution < 1.29 is 4.79 Å². The number of hydrogen-bond acceptors (Lipinski definition) is 2. The minimum absolute atomic E-state index is 0.0833. The molecule has 1 atom stereocenters. The van der Waals surface area contributed by atoms with Gasteiger partial charge in [-0.05, 0) is 39.8 Å². The van der Waals surface area contributed by atoms with E-state index in [2.05, 4.69) is 19.0 Å². The van der Waals surface area contributed by atoms with Crippen molar-refractivity contribution in [2.45, 2.75) is 25.1 Å². The van der Waals surface area contributed by atoms with Crippen molar-refractivity contribution in [1.82, 2.24) is 9.80 Å². The molecular formula is C11H21ClN2O. The molecule has 0 saturated carbocycles. The zero-order chi connectivity index (χ0) is 11.4. The lowest BCUT2D eigenvalue weighted by molar-refractivity contribution is -0.131. The van der Waals surface area contributed by atoms with Crippen LogP contribution in [0.25, 0.3) is 0 Å². The van der Waals surface area contributed by atoms with Crippen LogP contribution in [-0.2, 0) is 4.79 Å². The molecule has 1 amide bonds. The molecule has 1 fully saturated rings. The lowest BCUT2D eigenvalue weighted by atomic mass is 9.96. The fourth-order valence-corrected chi connectivity index (χ4v) is 2.24. The Morgan fingerprint density at radius 3 is 2.40 bits per heavy atom. The van der Waals surface area contributed by atoms with Gasteiger partial charge in [0.1, 0.15) is 5.38 Å². The number of carbonyl (C=O) groups excluding carboxylic acids is 1. The first-order chi connectivity index (χ1) is 7.00. The van der Waals surface area contributed by atoms with Crippen molar-refractivity contribution in [3.63, 3.8) is 0 Å². The molecule has 3 nitrogen and oxygen atoms in total. The van der Waals surface area contributed by atoms with Crippen LogP contribution in [0.15, 0.2) is 0 Å². The van der Waals surface area contributed by atoms with Crippen LogP contribution in [0.2, 0.25) is 0 Å². The Kier molecular flexibility index (Phi) is 4.87. The number of amides is 1. The van der Waals surface area contributed by atoms with E-state index in [1.807, 2.05) is 4.90 Å². The maximum atomic E-state index is 11.6. The van der Waals surface area contributed by atoms with Gasteiger partial charge in [-0.15, -0.1) is 11.6 Å². The number of rotatable bonds is 3. The first-order valence-electron chi connectivity index (χ1n) is 5.58. The van der Waals surface area contributed by atoms with E-state index in [9.17, 15) is 4.79 Å². The minimum Gasteiger partial charge on any atom is -0.341 e. The van der Waals surface area contributed by atoms with Gasteiger partial charge in [0, 0.05) is 19.6 Å². The molecule has 0 aliphatic carbocycles. The van der Waals surface area contributed by atoms with Crippen molar-refractivity contribution in [2.24, 2.45) is 5.92 Å². The third-order valence-corrected chi connectivity index (χ3v) is 3.08. The molecule has 0 radical (unpaired) electrons. The highest BCUT2D eigenvalue weighted by Crippen LogP contribution is 2.18. The van der Waals surface area contributed by atoms with Crippen LogP contribution in [0.4, 0.5) is 0 Å². The topological polar surface area (TPSA) is 23.6 Å². The molecule has 0 bridgehead atoms. The summed E-state index contributed by atoms with van der Waals surface area (Å²) in [4.78, 5) is 15.7. The average Bonchev–Trinajstić information content (AvgIpc) is 2.17. The summed E-state index contributed by atoms with van der Waals surface area (Å²) in [5, 5.41) is -0.379. The summed E-state index contributed by atoms with van der Waals surface area (Å²) in [6, 6.07) is 0. The van der Waals surface area contributed by atoms with Crippen molar-refractivity contribution >= 4 is 17.5 Å². The zero-order valence-electron chi connectivity index (χ0n) is 9.87. The Labute approximate surface area is 97.4 Å². The largest absolute Gasteiger partial charge is 0.341 e. The molecule has 1 saturated heterocycles. The van der Waals surface area contributed by atoms with Crippen molar-refractivity contribution in [3.05, 3.63) is 0 Å². The predicted octanol–water partition coefficient (Wildman–Crippen LogP) is 1.41. The number of carbonyl (C=O) groups is 1. The molecule has 1 rings (SSSR count). The standard InChI is InChI=1S/C11H21ClN2O/c1-9(12)11(15)14-6-4-10(5-7-14)8-13(2)3/h9-10H,4-8H2,1-3H3. The highest BCUT2D eigenvalue weighted by Gasteiger charge is 2.24. The Balaban J connectivity index is 2.32. The molecule has 15 heavy (non-hydrogen) atoms. The van der Waals surface area contributed by atoms with Gasteiger partial charge < -0.3 is 9.80 Å². The van der Waals surface area contributed by atoms with Crippen LogP contribution in [0, 0.1) is 5.92 Å². The highest BCUT2D eigenvalue weighted by molar-refractivity contribution is 6.30. The molecule has 0 aromatic carbocycles. The maximum Gasteiger partial charge on any atom is 0.240 e. The molecule has 1 heterocycles. The Hall–Kier alpha value is -0.280. The van der Waals surface area contributed by atoms with Gasteiger partial charge in [0.2, 0.25) is 5.91 Å². The molecule has 4 heteroatoms. The first kappa shape index (κ1) is 12.8. The van der Waals surface area contributed by atoms with Gasteiger partial charge in [-0.2, -0.15) is 0 Å². The number of halogens is 1. The van der Waals surface area contributed by atoms with Gasteiger partial charge in [0.15, 0.2) is 0 Å². The third kappa shape index (κ3) is 3.99. The highest BCUT2D eigenvalue weighted by atomic mass is 35.5. The summed E-state index contributed by atoms with van der Waals surface area (Å²) in [5.41, 5.74) is 0. The summed E-state index contributed by atoms with van der Waals surface area (Å²) >= 11 is 5.78. The normalized spacial score (nSPS) is 20.7. The van der Waals surface area contributed by atoms with E-state index in [4.69, 9.17) is 11.6 Å². The van der Waals surface area contributed by atoms with Gasteiger partial charge in [0.05, 0.1) is 0 Å². The van der Waals surface area contributed by atoms with E-state index in [-0.39, 0.29) is 11.3 Å². The van der Waals surface area contributed by atoms with Crippen LogP contribution in [-0.4, -0.2) is 54.8 Å². The molecular weight excluding hydrogens is 212 g/mol. The average molecular weight is 233 g/mol. The zero-order valence-corrected chi connectivity index (χ0v) is 10.6. The fourth-order valence-electron chi connectivity index (χ4n) is 2.10. The number of nitrogens with zero attached hydrogens (tertiary/aromatic N) is 2. The predicted molar refractivity (Wildman–Crippen MR) is 63.2 cm³/mol. The lowest BCUT2D eigenvalue weighted by Gasteiger charge is -2.33. The van der Waals surface area contributed by atoms with Gasteiger partial charge in [-0.25, -0.2) is 0 Å². The summed E-state index contributed by atoms with van der Waals surface area (Å²) in [6.07, 6.45) is 2.21. The van der Waals surface area contributed by atoms with E-state index in [0.29, 0.717) is 0 Å². The number of piperidine rings is 1. The second-order valence-corrected chi connectivity index (χ2v) is 5.30.